The molecular weight excluding hydrogens is 312 g/mol. The van der Waals surface area contributed by atoms with E-state index < -0.39 is 6.09 Å². The fraction of sp³-hybridized carbons (Fsp3) is 0.308. The summed E-state index contributed by atoms with van der Waals surface area (Å²) in [6.45, 7) is 2.27. The third-order valence-corrected chi connectivity index (χ3v) is 4.30. The Labute approximate surface area is 130 Å². The lowest BCUT2D eigenvalue weighted by atomic mass is 10.3. The van der Waals surface area contributed by atoms with Crippen LogP contribution in [0.5, 0.6) is 0 Å². The molecule has 2 heterocycles. The molecule has 0 unspecified atom stereocenters. The standard InChI is InChI=1S/C13H14N2O4S2/c1-2-19-12(17)14-5-6-15-11(16)10(21-13(15)18)8-9-4-3-7-20-9/h3-4,7-8H,2,5-6H2,1H3,(H,14,17)/b10-8-. The predicted molar refractivity (Wildman–Crippen MR) is 82.0 cm³/mol. The van der Waals surface area contributed by atoms with Gasteiger partial charge in [0.25, 0.3) is 11.1 Å². The number of nitrogens with one attached hydrogen (secondary N) is 1. The first kappa shape index (κ1) is 15.6. The maximum absolute atomic E-state index is 12.1. The van der Waals surface area contributed by atoms with Gasteiger partial charge in [-0.3, -0.25) is 14.5 Å². The lowest BCUT2D eigenvalue weighted by molar-refractivity contribution is -0.122. The molecule has 21 heavy (non-hydrogen) atoms. The molecule has 8 heteroatoms. The number of hydrogen-bond acceptors (Lipinski definition) is 6. The largest absolute Gasteiger partial charge is 0.450 e. The number of amides is 3. The van der Waals surface area contributed by atoms with Gasteiger partial charge in [-0.15, -0.1) is 11.3 Å². The van der Waals surface area contributed by atoms with Gasteiger partial charge in [0, 0.05) is 18.0 Å². The van der Waals surface area contributed by atoms with Gasteiger partial charge in [-0.2, -0.15) is 0 Å². The molecule has 0 atom stereocenters. The van der Waals surface area contributed by atoms with Crippen molar-refractivity contribution in [3.05, 3.63) is 27.3 Å². The van der Waals surface area contributed by atoms with Crippen LogP contribution in [-0.4, -0.2) is 41.8 Å². The van der Waals surface area contributed by atoms with Crippen LogP contribution in [0.1, 0.15) is 11.8 Å². The molecule has 2 rings (SSSR count). The molecule has 1 saturated heterocycles. The average Bonchev–Trinajstić information content (AvgIpc) is 3.03. The van der Waals surface area contributed by atoms with Gasteiger partial charge in [-0.25, -0.2) is 4.79 Å². The monoisotopic (exact) mass is 326 g/mol. The minimum absolute atomic E-state index is 0.130. The molecule has 1 aliphatic heterocycles. The van der Waals surface area contributed by atoms with E-state index >= 15 is 0 Å². The van der Waals surface area contributed by atoms with Crippen LogP contribution in [0.25, 0.3) is 6.08 Å². The number of alkyl carbamates (subject to hydrolysis) is 1. The highest BCUT2D eigenvalue weighted by Crippen LogP contribution is 2.32. The highest BCUT2D eigenvalue weighted by Gasteiger charge is 2.34. The van der Waals surface area contributed by atoms with Crippen molar-refractivity contribution in [2.45, 2.75) is 6.92 Å². The maximum atomic E-state index is 12.1. The first-order valence-electron chi connectivity index (χ1n) is 6.31. The van der Waals surface area contributed by atoms with Crippen LogP contribution in [0.4, 0.5) is 9.59 Å². The Morgan fingerprint density at radius 2 is 2.29 bits per heavy atom. The van der Waals surface area contributed by atoms with Crippen molar-refractivity contribution in [2.75, 3.05) is 19.7 Å². The van der Waals surface area contributed by atoms with E-state index in [4.69, 9.17) is 4.74 Å². The van der Waals surface area contributed by atoms with Gasteiger partial charge in [0.2, 0.25) is 0 Å². The summed E-state index contributed by atoms with van der Waals surface area (Å²) in [5.41, 5.74) is 0. The summed E-state index contributed by atoms with van der Waals surface area (Å²) in [6, 6.07) is 3.75. The molecule has 0 radical (unpaired) electrons. The van der Waals surface area contributed by atoms with E-state index in [-0.39, 0.29) is 30.8 Å². The molecule has 1 fully saturated rings. The number of rotatable bonds is 5. The average molecular weight is 326 g/mol. The van der Waals surface area contributed by atoms with Crippen molar-refractivity contribution in [1.29, 1.82) is 0 Å². The Balaban J connectivity index is 1.91. The summed E-state index contributed by atoms with van der Waals surface area (Å²) in [5, 5.41) is 4.05. The van der Waals surface area contributed by atoms with E-state index in [0.29, 0.717) is 4.91 Å². The van der Waals surface area contributed by atoms with Gasteiger partial charge in [-0.05, 0) is 36.2 Å². The van der Waals surface area contributed by atoms with Crippen LogP contribution in [0.15, 0.2) is 22.4 Å². The first-order valence-corrected chi connectivity index (χ1v) is 8.01. The van der Waals surface area contributed by atoms with Crippen LogP contribution in [0.3, 0.4) is 0 Å². The Hall–Kier alpha value is -1.80. The molecule has 0 aromatic carbocycles. The van der Waals surface area contributed by atoms with Crippen LogP contribution in [0, 0.1) is 0 Å². The molecule has 112 valence electrons. The quantitative estimate of drug-likeness (QED) is 0.842. The van der Waals surface area contributed by atoms with Gasteiger partial charge in [0.15, 0.2) is 0 Å². The third-order valence-electron chi connectivity index (χ3n) is 2.57. The second kappa shape index (κ2) is 7.28. The van der Waals surface area contributed by atoms with Crippen LogP contribution in [0.2, 0.25) is 0 Å². The van der Waals surface area contributed by atoms with E-state index in [1.54, 1.807) is 13.0 Å². The summed E-state index contributed by atoms with van der Waals surface area (Å²) in [5.74, 6) is -0.330. The number of carbonyl (C=O) groups is 3. The molecule has 0 aliphatic carbocycles. The van der Waals surface area contributed by atoms with E-state index in [9.17, 15) is 14.4 Å². The molecule has 1 aliphatic rings. The fourth-order valence-corrected chi connectivity index (χ4v) is 3.24. The van der Waals surface area contributed by atoms with Crippen LogP contribution >= 0.6 is 23.1 Å². The molecule has 0 saturated carbocycles. The zero-order valence-electron chi connectivity index (χ0n) is 11.3. The molecule has 1 aromatic heterocycles. The summed E-state index contributed by atoms with van der Waals surface area (Å²) >= 11 is 2.41. The van der Waals surface area contributed by atoms with E-state index in [1.807, 2.05) is 17.5 Å². The minimum Gasteiger partial charge on any atom is -0.450 e. The number of ether oxygens (including phenoxy) is 1. The molecule has 3 amide bonds. The lowest BCUT2D eigenvalue weighted by Gasteiger charge is -2.12. The summed E-state index contributed by atoms with van der Waals surface area (Å²) < 4.78 is 4.70. The summed E-state index contributed by atoms with van der Waals surface area (Å²) in [4.78, 5) is 37.5. The first-order chi connectivity index (χ1) is 10.1. The van der Waals surface area contributed by atoms with Crippen LogP contribution in [-0.2, 0) is 9.53 Å². The highest BCUT2D eigenvalue weighted by atomic mass is 32.2. The number of nitrogens with zero attached hydrogens (tertiary/aromatic N) is 1. The Morgan fingerprint density at radius 3 is 2.95 bits per heavy atom. The molecular formula is C13H14N2O4S2. The maximum Gasteiger partial charge on any atom is 0.407 e. The highest BCUT2D eigenvalue weighted by molar-refractivity contribution is 8.18. The number of hydrogen-bond donors (Lipinski definition) is 1. The Bertz CT molecular complexity index is 569. The molecule has 0 spiro atoms. The Kier molecular flexibility index (Phi) is 5.40. The van der Waals surface area contributed by atoms with E-state index in [0.717, 1.165) is 21.5 Å². The van der Waals surface area contributed by atoms with Crippen molar-refractivity contribution >= 4 is 46.4 Å². The normalized spacial score (nSPS) is 16.6. The smallest absolute Gasteiger partial charge is 0.407 e. The lowest BCUT2D eigenvalue weighted by Crippen LogP contribution is -2.37. The topological polar surface area (TPSA) is 75.7 Å². The van der Waals surface area contributed by atoms with E-state index in [2.05, 4.69) is 5.32 Å². The second-order valence-corrected chi connectivity index (χ2v) is 5.97. The number of imide groups is 1. The number of carbonyl (C=O) groups excluding carboxylic acids is 3. The van der Waals surface area contributed by atoms with Crippen molar-refractivity contribution in [3.8, 4) is 0 Å². The van der Waals surface area contributed by atoms with Gasteiger partial charge < -0.3 is 10.1 Å². The number of thioether (sulfide) groups is 1. The molecule has 6 nitrogen and oxygen atoms in total. The molecule has 1 N–H and O–H groups in total. The predicted octanol–water partition coefficient (Wildman–Crippen LogP) is 2.53. The van der Waals surface area contributed by atoms with Crippen molar-refractivity contribution in [3.63, 3.8) is 0 Å². The zero-order valence-corrected chi connectivity index (χ0v) is 13.0. The van der Waals surface area contributed by atoms with Gasteiger partial charge >= 0.3 is 6.09 Å². The van der Waals surface area contributed by atoms with Crippen molar-refractivity contribution in [2.24, 2.45) is 0 Å². The SMILES string of the molecule is CCOC(=O)NCCN1C(=O)S/C(=C\c2cccs2)C1=O. The van der Waals surface area contributed by atoms with Gasteiger partial charge in [-0.1, -0.05) is 6.07 Å². The fourth-order valence-electron chi connectivity index (χ4n) is 1.65. The Morgan fingerprint density at radius 1 is 1.48 bits per heavy atom. The zero-order chi connectivity index (χ0) is 15.2. The third kappa shape index (κ3) is 4.08. The second-order valence-electron chi connectivity index (χ2n) is 4.00. The summed E-state index contributed by atoms with van der Waals surface area (Å²) in [7, 11) is 0. The molecule has 1 aromatic rings. The van der Waals surface area contributed by atoms with Gasteiger partial charge in [0.1, 0.15) is 0 Å². The van der Waals surface area contributed by atoms with Crippen molar-refractivity contribution < 1.29 is 19.1 Å². The minimum atomic E-state index is -0.557. The van der Waals surface area contributed by atoms with Crippen molar-refractivity contribution in [1.82, 2.24) is 10.2 Å². The number of thiophene rings is 1. The van der Waals surface area contributed by atoms with Gasteiger partial charge in [0.05, 0.1) is 11.5 Å². The van der Waals surface area contributed by atoms with E-state index in [1.165, 1.54) is 11.3 Å². The molecule has 0 bridgehead atoms. The summed E-state index contributed by atoms with van der Waals surface area (Å²) in [6.07, 6.45) is 1.15. The van der Waals surface area contributed by atoms with Crippen LogP contribution < -0.4 is 5.32 Å².